The molecule has 0 spiro atoms. The summed E-state index contributed by atoms with van der Waals surface area (Å²) in [5.74, 6) is 2.80. The zero-order chi connectivity index (χ0) is 17.4. The normalized spacial score (nSPS) is 28.7. The van der Waals surface area contributed by atoms with Gasteiger partial charge in [-0.25, -0.2) is 4.98 Å². The van der Waals surface area contributed by atoms with Crippen LogP contribution in [0, 0.1) is 18.8 Å². The number of amides is 1. The molecule has 2 saturated carbocycles. The van der Waals surface area contributed by atoms with Crippen molar-refractivity contribution in [3.63, 3.8) is 0 Å². The fourth-order valence-electron chi connectivity index (χ4n) is 4.48. The number of aryl methyl sites for hydroxylation is 1. The molecule has 4 rings (SSSR count). The van der Waals surface area contributed by atoms with Gasteiger partial charge in [-0.05, 0) is 56.6 Å². The second-order valence-corrected chi connectivity index (χ2v) is 8.37. The summed E-state index contributed by atoms with van der Waals surface area (Å²) in [4.78, 5) is 17.1. The molecule has 2 bridgehead atoms. The van der Waals surface area contributed by atoms with Gasteiger partial charge in [-0.15, -0.1) is 11.3 Å². The number of aromatic nitrogens is 1. The molecule has 0 aromatic carbocycles. The Morgan fingerprint density at radius 2 is 2.12 bits per heavy atom. The number of nitrogens with two attached hydrogens (primary N) is 1. The first-order chi connectivity index (χ1) is 12.1. The van der Waals surface area contributed by atoms with E-state index < -0.39 is 0 Å². The van der Waals surface area contributed by atoms with Crippen molar-refractivity contribution >= 4 is 17.2 Å². The Morgan fingerprint density at radius 3 is 2.80 bits per heavy atom. The van der Waals surface area contributed by atoms with Crippen LogP contribution >= 0.6 is 11.3 Å². The Balaban J connectivity index is 1.38. The highest BCUT2D eigenvalue weighted by Crippen LogP contribution is 2.39. The first-order valence-electron chi connectivity index (χ1n) is 9.14. The molecule has 2 aliphatic rings. The van der Waals surface area contributed by atoms with E-state index in [1.54, 1.807) is 0 Å². The lowest BCUT2D eigenvalue weighted by Gasteiger charge is -2.45. The summed E-state index contributed by atoms with van der Waals surface area (Å²) in [7, 11) is 0. The molecule has 0 aliphatic heterocycles. The van der Waals surface area contributed by atoms with Crippen molar-refractivity contribution in [2.45, 2.75) is 57.5 Å². The Labute approximate surface area is 152 Å². The van der Waals surface area contributed by atoms with E-state index in [9.17, 15) is 4.79 Å². The van der Waals surface area contributed by atoms with Gasteiger partial charge in [0.05, 0.1) is 12.1 Å². The average molecular weight is 359 g/mol. The van der Waals surface area contributed by atoms with Crippen LogP contribution in [-0.4, -0.2) is 23.0 Å². The maximum atomic E-state index is 12.5. The van der Waals surface area contributed by atoms with Gasteiger partial charge in [0.15, 0.2) is 10.8 Å². The van der Waals surface area contributed by atoms with E-state index in [-0.39, 0.29) is 5.91 Å². The third-order valence-corrected chi connectivity index (χ3v) is 6.45. The Morgan fingerprint density at radius 1 is 1.36 bits per heavy atom. The molecule has 3 N–H and O–H groups in total. The summed E-state index contributed by atoms with van der Waals surface area (Å²) in [5.41, 5.74) is 6.98. The number of carbonyl (C=O) groups excluding carboxylic acids is 1. The smallest absolute Gasteiger partial charge is 0.226 e. The Bertz CT molecular complexity index is 739. The molecule has 2 fully saturated rings. The van der Waals surface area contributed by atoms with Gasteiger partial charge in [-0.1, -0.05) is 6.42 Å². The summed E-state index contributed by atoms with van der Waals surface area (Å²) in [6, 6.07) is 4.45. The Hall–Kier alpha value is -1.66. The number of fused-ring (bicyclic) bond motifs is 2. The molecular formula is C19H25N3O2S. The fraction of sp³-hybridized carbons (Fsp3) is 0.579. The number of nitrogens with one attached hydrogen (secondary N) is 1. The number of hydrogen-bond donors (Lipinski definition) is 2. The lowest BCUT2D eigenvalue weighted by Crippen LogP contribution is -2.54. The number of hydrogen-bond acceptors (Lipinski definition) is 5. The predicted molar refractivity (Wildman–Crippen MR) is 98.2 cm³/mol. The van der Waals surface area contributed by atoms with E-state index in [2.05, 4.69) is 10.3 Å². The zero-order valence-electron chi connectivity index (χ0n) is 14.5. The highest BCUT2D eigenvalue weighted by Gasteiger charge is 2.39. The lowest BCUT2D eigenvalue weighted by molar-refractivity contribution is -0.122. The van der Waals surface area contributed by atoms with Crippen LogP contribution in [-0.2, 0) is 11.2 Å². The second kappa shape index (κ2) is 6.92. The molecule has 2 unspecified atom stereocenters. The van der Waals surface area contributed by atoms with Crippen LogP contribution in [0.4, 0.5) is 0 Å². The lowest BCUT2D eigenvalue weighted by atomic mass is 9.67. The van der Waals surface area contributed by atoms with Gasteiger partial charge in [0.25, 0.3) is 0 Å². The van der Waals surface area contributed by atoms with E-state index in [4.69, 9.17) is 10.2 Å². The zero-order valence-corrected chi connectivity index (χ0v) is 15.3. The second-order valence-electron chi connectivity index (χ2n) is 7.51. The monoisotopic (exact) mass is 359 g/mol. The van der Waals surface area contributed by atoms with Gasteiger partial charge in [0.1, 0.15) is 5.76 Å². The molecule has 1 amide bonds. The first-order valence-corrected chi connectivity index (χ1v) is 10.0. The van der Waals surface area contributed by atoms with Gasteiger partial charge >= 0.3 is 0 Å². The van der Waals surface area contributed by atoms with Crippen LogP contribution in [0.1, 0.15) is 43.6 Å². The minimum absolute atomic E-state index is 0.0739. The van der Waals surface area contributed by atoms with Crippen LogP contribution in [0.25, 0.3) is 10.8 Å². The number of rotatable bonds is 4. The number of carbonyl (C=O) groups is 1. The van der Waals surface area contributed by atoms with Crippen molar-refractivity contribution in [2.24, 2.45) is 17.6 Å². The summed E-state index contributed by atoms with van der Waals surface area (Å²) >= 11 is 1.52. The molecule has 25 heavy (non-hydrogen) atoms. The molecule has 0 radical (unpaired) electrons. The molecule has 6 heteroatoms. The van der Waals surface area contributed by atoms with Crippen molar-refractivity contribution in [3.05, 3.63) is 29.0 Å². The van der Waals surface area contributed by atoms with Gasteiger partial charge in [-0.2, -0.15) is 0 Å². The molecule has 2 aromatic heterocycles. The third kappa shape index (κ3) is 3.65. The molecule has 2 atom stereocenters. The van der Waals surface area contributed by atoms with Gasteiger partial charge in [0.2, 0.25) is 5.91 Å². The van der Waals surface area contributed by atoms with Crippen LogP contribution in [0.2, 0.25) is 0 Å². The molecular weight excluding hydrogens is 334 g/mol. The molecule has 2 aliphatic carbocycles. The van der Waals surface area contributed by atoms with E-state index in [0.29, 0.717) is 30.3 Å². The fourth-order valence-corrected chi connectivity index (χ4v) is 5.26. The van der Waals surface area contributed by atoms with Crippen molar-refractivity contribution in [2.75, 3.05) is 0 Å². The number of nitrogens with zero attached hydrogens (tertiary/aromatic N) is 1. The average Bonchev–Trinajstić information content (AvgIpc) is 3.17. The van der Waals surface area contributed by atoms with E-state index in [1.165, 1.54) is 30.6 Å². The minimum Gasteiger partial charge on any atom is -0.459 e. The highest BCUT2D eigenvalue weighted by atomic mass is 32.1. The maximum Gasteiger partial charge on any atom is 0.226 e. The minimum atomic E-state index is 0.0739. The van der Waals surface area contributed by atoms with Crippen molar-refractivity contribution in [1.29, 1.82) is 0 Å². The van der Waals surface area contributed by atoms with E-state index >= 15 is 0 Å². The predicted octanol–water partition coefficient (Wildman–Crippen LogP) is 3.28. The first kappa shape index (κ1) is 16.8. The third-order valence-electron chi connectivity index (χ3n) is 5.55. The van der Waals surface area contributed by atoms with Crippen molar-refractivity contribution < 1.29 is 9.21 Å². The molecule has 2 aromatic rings. The van der Waals surface area contributed by atoms with Crippen LogP contribution in [0.15, 0.2) is 21.9 Å². The number of thiazole rings is 1. The maximum absolute atomic E-state index is 12.5. The van der Waals surface area contributed by atoms with Gasteiger partial charge in [-0.3, -0.25) is 4.79 Å². The quantitative estimate of drug-likeness (QED) is 0.878. The van der Waals surface area contributed by atoms with Gasteiger partial charge < -0.3 is 15.5 Å². The Kier molecular flexibility index (Phi) is 4.65. The van der Waals surface area contributed by atoms with Crippen LogP contribution in [0.3, 0.4) is 0 Å². The van der Waals surface area contributed by atoms with Crippen molar-refractivity contribution in [1.82, 2.24) is 10.3 Å². The molecule has 2 heterocycles. The van der Waals surface area contributed by atoms with Gasteiger partial charge in [0, 0.05) is 17.5 Å². The topological polar surface area (TPSA) is 81.2 Å². The molecule has 134 valence electrons. The summed E-state index contributed by atoms with van der Waals surface area (Å²) in [6.45, 7) is 1.92. The largest absolute Gasteiger partial charge is 0.459 e. The van der Waals surface area contributed by atoms with E-state index in [0.717, 1.165) is 35.1 Å². The summed E-state index contributed by atoms with van der Waals surface area (Å²) in [6.07, 6.45) is 6.06. The summed E-state index contributed by atoms with van der Waals surface area (Å²) < 4.78 is 5.61. The standard InChI is InChI=1S/C19H25N3O2S/c1-11-5-6-16(24-11)19-21-15(10-25-19)9-17(23)22-18-12-3-2-4-13(18)8-14(20)7-12/h5-6,10,12-14,18H,2-4,7-9,20H2,1H3,(H,22,23). The van der Waals surface area contributed by atoms with Crippen LogP contribution < -0.4 is 11.1 Å². The SMILES string of the molecule is Cc1ccc(-c2nc(CC(=O)NC3C4CCCC3CC(N)C4)cs2)o1. The summed E-state index contributed by atoms with van der Waals surface area (Å²) in [5, 5.41) is 6.07. The van der Waals surface area contributed by atoms with Crippen molar-refractivity contribution in [3.8, 4) is 10.8 Å². The molecule has 5 nitrogen and oxygen atoms in total. The molecule has 0 saturated heterocycles. The number of furan rings is 1. The van der Waals surface area contributed by atoms with E-state index in [1.807, 2.05) is 24.4 Å². The highest BCUT2D eigenvalue weighted by molar-refractivity contribution is 7.13. The van der Waals surface area contributed by atoms with Crippen LogP contribution in [0.5, 0.6) is 0 Å².